The summed E-state index contributed by atoms with van der Waals surface area (Å²) in [5.41, 5.74) is 0.336. The SMILES string of the molecule is CC1(C)C(=O)CC[C@]2(C)C3=CC(=O)CC[C@]3(CF)CC[C@@H]12.CC1(C)[C@@H]2CC[C@@]3(CF)CCCC=C3[C@@]2(C)CCC12OCCO2.COC(=O)[C@]12CCCC=C1[C@@]1(C)CCC3(OCCO3)C(C)(C)[C@@H]1CC2.[C-]#[N+]C1=C[C@]2(C)C3=CC(=O)C(C#N)=C[C@]3(CF)CC[C@H]2C(C)(C)C1=O. The Hall–Kier alpha value is -4.80. The summed E-state index contributed by atoms with van der Waals surface area (Å²) in [6.45, 7) is 34.7. The number of carbonyl (C=O) groups is 5. The minimum atomic E-state index is -1.01. The largest absolute Gasteiger partial charge is 0.468 e. The van der Waals surface area contributed by atoms with E-state index in [1.165, 1.54) is 30.4 Å². The number of hydrogen-bond donors (Lipinski definition) is 0. The molecule has 12 aliphatic carbocycles. The van der Waals surface area contributed by atoms with Crippen LogP contribution in [-0.4, -0.2) is 94.2 Å². The van der Waals surface area contributed by atoms with Gasteiger partial charge in [-0.05, 0) is 179 Å². The fraction of sp³-hybridized carbons (Fsp3) is 0.759. The van der Waals surface area contributed by atoms with E-state index < -0.39 is 51.1 Å². The van der Waals surface area contributed by atoms with Gasteiger partial charge in [0.05, 0.1) is 64.4 Å². The van der Waals surface area contributed by atoms with Gasteiger partial charge in [0.1, 0.15) is 18.5 Å². The molecule has 12 atom stereocenters. The molecule has 12 nitrogen and oxygen atoms in total. The molecule has 2 saturated heterocycles. The van der Waals surface area contributed by atoms with Crippen molar-refractivity contribution >= 4 is 29.1 Å². The van der Waals surface area contributed by atoms with Gasteiger partial charge in [-0.3, -0.25) is 28.0 Å². The Morgan fingerprint density at radius 3 is 1.65 bits per heavy atom. The van der Waals surface area contributed by atoms with Gasteiger partial charge in [0.15, 0.2) is 28.9 Å². The molecule has 14 aliphatic rings. The van der Waals surface area contributed by atoms with Crippen molar-refractivity contribution in [1.82, 2.24) is 0 Å². The number of alkyl halides is 3. The number of nitrogens with zero attached hydrogens (tertiary/aromatic N) is 2. The molecule has 0 N–H and O–H groups in total. The number of allylic oxidation sites excluding steroid dienone is 11. The van der Waals surface area contributed by atoms with E-state index in [2.05, 4.69) is 65.5 Å². The average Bonchev–Trinajstić information content (AvgIpc) is 0.928. The van der Waals surface area contributed by atoms with Crippen LogP contribution in [0.4, 0.5) is 13.2 Å². The molecular formula is C79H107F3N2O10. The summed E-state index contributed by atoms with van der Waals surface area (Å²) < 4.78 is 72.2. The Bertz CT molecular complexity index is 3390. The Labute approximate surface area is 558 Å². The molecule has 2 aliphatic heterocycles. The molecular weight excluding hydrogens is 1190 g/mol. The maximum Gasteiger partial charge on any atom is 0.315 e. The van der Waals surface area contributed by atoms with E-state index in [4.69, 9.17) is 35.5 Å². The second-order valence-electron chi connectivity index (χ2n) is 34.4. The van der Waals surface area contributed by atoms with E-state index in [1.54, 1.807) is 12.2 Å². The van der Waals surface area contributed by atoms with Gasteiger partial charge in [0.2, 0.25) is 5.70 Å². The number of Topliss-reactive ketones (excluding diaryl/α,β-unsaturated/α-hetero) is 2. The highest BCUT2D eigenvalue weighted by molar-refractivity contribution is 6.09. The third-order valence-corrected chi connectivity index (χ3v) is 29.0. The molecule has 0 aromatic heterocycles. The van der Waals surface area contributed by atoms with E-state index >= 15 is 0 Å². The molecule has 514 valence electrons. The Morgan fingerprint density at radius 1 is 0.574 bits per heavy atom. The zero-order valence-corrected chi connectivity index (χ0v) is 58.9. The molecule has 0 bridgehead atoms. The van der Waals surface area contributed by atoms with Crippen LogP contribution in [0, 0.1) is 107 Å². The molecule has 94 heavy (non-hydrogen) atoms. The van der Waals surface area contributed by atoms with Gasteiger partial charge in [0, 0.05) is 69.0 Å². The number of hydrogen-bond acceptors (Lipinski definition) is 11. The summed E-state index contributed by atoms with van der Waals surface area (Å²) in [5.74, 6) is -0.0169. The van der Waals surface area contributed by atoms with Crippen molar-refractivity contribution in [1.29, 1.82) is 5.26 Å². The lowest BCUT2D eigenvalue weighted by Crippen LogP contribution is -2.62. The number of esters is 1. The van der Waals surface area contributed by atoms with Crippen LogP contribution in [0.15, 0.2) is 70.0 Å². The van der Waals surface area contributed by atoms with E-state index in [1.807, 2.05) is 40.7 Å². The second-order valence-corrected chi connectivity index (χ2v) is 34.4. The summed E-state index contributed by atoms with van der Waals surface area (Å²) in [6.07, 6.45) is 30.4. The molecule has 2 spiro atoms. The molecule has 7 saturated carbocycles. The fourth-order valence-corrected chi connectivity index (χ4v) is 24.0. The van der Waals surface area contributed by atoms with Crippen molar-refractivity contribution in [3.8, 4) is 6.07 Å². The standard InChI is InChI=1S/C21H32O4.C20H19FN2O2.C20H31FO2.C18H25FO2/c1-18(2)15-8-10-20(17(22)23-4)9-6-5-7-16(20)19(15,3)11-12-21(18)24-13-14-25-21;1-18(2)15-5-6-20(11-21)8-12(10-22)14(24)7-16(20)19(15,3)9-13(23-4)17(18)25;1-17(2)15-7-9-19(14-21)8-5-4-6-16(19)18(15,3)10-11-20(17)22-12-13-23-20;1-16(2)13-5-9-18(11-19)8-4-12(20)10-14(18)17(13,3)7-6-15(16)21/h7,15H,5-6,8-14H2,1-4H3;7-9,15H,5-6,11H2,1-3H3;6,15H,4-5,7-14H2,1-3H3;10,13H,4-9,11H2,1-3H3/t2*15-,19-,20-;15-,18-,19+;13-,17-,18+/m0000/s1. The molecule has 0 unspecified atom stereocenters. The minimum absolute atomic E-state index is 0.0235. The van der Waals surface area contributed by atoms with Crippen LogP contribution < -0.4 is 0 Å². The first-order valence-electron chi connectivity index (χ1n) is 35.7. The molecule has 15 heteroatoms. The van der Waals surface area contributed by atoms with Gasteiger partial charge < -0.3 is 28.5 Å². The lowest BCUT2D eigenvalue weighted by atomic mass is 9.42. The maximum atomic E-state index is 14.2. The molecule has 0 aromatic carbocycles. The summed E-state index contributed by atoms with van der Waals surface area (Å²) in [5, 5.41) is 9.17. The number of halogens is 3. The highest BCUT2D eigenvalue weighted by atomic mass is 19.1. The molecule has 14 rings (SSSR count). The van der Waals surface area contributed by atoms with Crippen molar-refractivity contribution in [3.63, 3.8) is 0 Å². The number of ether oxygens (including phenoxy) is 5. The fourth-order valence-electron chi connectivity index (χ4n) is 24.0. The highest BCUT2D eigenvalue weighted by Crippen LogP contribution is 2.72. The smallest absolute Gasteiger partial charge is 0.315 e. The van der Waals surface area contributed by atoms with Crippen LogP contribution in [0.2, 0.25) is 0 Å². The van der Waals surface area contributed by atoms with E-state index in [0.29, 0.717) is 81.7 Å². The van der Waals surface area contributed by atoms with Crippen molar-refractivity contribution in [2.75, 3.05) is 53.6 Å². The minimum Gasteiger partial charge on any atom is -0.468 e. The molecule has 0 amide bonds. The Morgan fingerprint density at radius 2 is 1.10 bits per heavy atom. The van der Waals surface area contributed by atoms with Crippen LogP contribution in [0.25, 0.3) is 4.85 Å². The topological polar surface area (TPSA) is 160 Å². The summed E-state index contributed by atoms with van der Waals surface area (Å²) in [4.78, 5) is 65.4. The molecule has 2 heterocycles. The van der Waals surface area contributed by atoms with Crippen molar-refractivity contribution in [3.05, 3.63) is 81.4 Å². The normalized spacial score (nSPS) is 41.0. The van der Waals surface area contributed by atoms with Crippen LogP contribution >= 0.6 is 0 Å². The number of nitriles is 1. The number of fused-ring (bicyclic) bond motifs is 12. The van der Waals surface area contributed by atoms with Gasteiger partial charge in [-0.2, -0.15) is 5.26 Å². The maximum absolute atomic E-state index is 14.2. The molecule has 0 aromatic rings. The number of methoxy groups -OCH3 is 1. The summed E-state index contributed by atoms with van der Waals surface area (Å²) in [6, 6.07) is 1.86. The first kappa shape index (κ1) is 70.5. The van der Waals surface area contributed by atoms with Crippen LogP contribution in [0.5, 0.6) is 0 Å². The third-order valence-electron chi connectivity index (χ3n) is 29.0. The quantitative estimate of drug-likeness (QED) is 0.150. The lowest BCUT2D eigenvalue weighted by Gasteiger charge is -2.64. The first-order chi connectivity index (χ1) is 44.1. The Kier molecular flexibility index (Phi) is 18.2. The number of ketones is 4. The Balaban J connectivity index is 0.000000128. The van der Waals surface area contributed by atoms with Gasteiger partial charge >= 0.3 is 5.97 Å². The molecule has 0 radical (unpaired) electrons. The van der Waals surface area contributed by atoms with E-state index in [-0.39, 0.29) is 91.9 Å². The predicted octanol–water partition coefficient (Wildman–Crippen LogP) is 17.0. The van der Waals surface area contributed by atoms with Crippen LogP contribution in [0.3, 0.4) is 0 Å². The van der Waals surface area contributed by atoms with Crippen molar-refractivity contribution < 1.29 is 60.8 Å². The zero-order valence-electron chi connectivity index (χ0n) is 58.9. The lowest BCUT2D eigenvalue weighted by molar-refractivity contribution is -0.285. The van der Waals surface area contributed by atoms with Crippen molar-refractivity contribution in [2.24, 2.45) is 88.7 Å². The second kappa shape index (κ2) is 24.3. The van der Waals surface area contributed by atoms with Crippen LogP contribution in [-0.2, 0) is 47.7 Å². The number of rotatable bonds is 4. The summed E-state index contributed by atoms with van der Waals surface area (Å²) in [7, 11) is 1.54. The number of carbonyl (C=O) groups excluding carboxylic acids is 5. The van der Waals surface area contributed by atoms with Crippen molar-refractivity contribution in [2.45, 2.75) is 236 Å². The van der Waals surface area contributed by atoms with Gasteiger partial charge in [0.25, 0.3) is 0 Å². The van der Waals surface area contributed by atoms with E-state index in [9.17, 15) is 37.1 Å². The summed E-state index contributed by atoms with van der Waals surface area (Å²) >= 11 is 0. The van der Waals surface area contributed by atoms with Gasteiger partial charge in [-0.25, -0.2) is 9.24 Å². The zero-order chi connectivity index (χ0) is 68.4. The first-order valence-corrected chi connectivity index (χ1v) is 35.7. The van der Waals surface area contributed by atoms with Gasteiger partial charge in [-0.15, -0.1) is 0 Å². The monoisotopic (exact) mass is 1300 g/mol. The highest BCUT2D eigenvalue weighted by Gasteiger charge is 2.70. The predicted molar refractivity (Wildman–Crippen MR) is 353 cm³/mol. The van der Waals surface area contributed by atoms with Gasteiger partial charge in [-0.1, -0.05) is 118 Å². The third kappa shape index (κ3) is 10.2. The van der Waals surface area contributed by atoms with E-state index in [0.717, 1.165) is 115 Å². The van der Waals surface area contributed by atoms with Crippen LogP contribution in [0.1, 0.15) is 224 Å². The average molecular weight is 1300 g/mol. The molecule has 9 fully saturated rings.